The summed E-state index contributed by atoms with van der Waals surface area (Å²) >= 11 is 0. The van der Waals surface area contributed by atoms with E-state index in [-0.39, 0.29) is 6.10 Å². The van der Waals surface area contributed by atoms with Gasteiger partial charge in [-0.05, 0) is 18.9 Å². The van der Waals surface area contributed by atoms with Crippen LogP contribution in [0.4, 0.5) is 0 Å². The van der Waals surface area contributed by atoms with E-state index in [0.717, 1.165) is 25.6 Å². The molecule has 0 radical (unpaired) electrons. The van der Waals surface area contributed by atoms with E-state index in [1.54, 1.807) is 0 Å². The number of aliphatic hydroxyl groups is 1. The molecular weight excluding hydrogens is 126 g/mol. The largest absolute Gasteiger partial charge is 0.390 e. The van der Waals surface area contributed by atoms with Crippen LogP contribution in [0.25, 0.3) is 0 Å². The maximum atomic E-state index is 8.94. The van der Waals surface area contributed by atoms with Crippen molar-refractivity contribution in [3.8, 4) is 0 Å². The molecule has 0 aliphatic carbocycles. The molecule has 2 heteroatoms. The number of likely N-dealkylation sites (tertiary alicyclic amines) is 1. The first kappa shape index (κ1) is 8.02. The minimum absolute atomic E-state index is 0.0350. The SMILES string of the molecule is CC(C)CCN1CC(O)C1. The molecule has 1 aliphatic heterocycles. The van der Waals surface area contributed by atoms with E-state index in [1.807, 2.05) is 0 Å². The lowest BCUT2D eigenvalue weighted by Gasteiger charge is -2.36. The topological polar surface area (TPSA) is 23.5 Å². The van der Waals surface area contributed by atoms with Crippen LogP contribution in [-0.2, 0) is 0 Å². The third kappa shape index (κ3) is 2.27. The van der Waals surface area contributed by atoms with Gasteiger partial charge in [0.1, 0.15) is 0 Å². The van der Waals surface area contributed by atoms with Gasteiger partial charge in [-0.3, -0.25) is 4.90 Å². The van der Waals surface area contributed by atoms with Gasteiger partial charge in [-0.1, -0.05) is 13.8 Å². The van der Waals surface area contributed by atoms with Crippen molar-refractivity contribution in [2.75, 3.05) is 19.6 Å². The first-order valence-electron chi connectivity index (χ1n) is 4.09. The Morgan fingerprint density at radius 2 is 2.10 bits per heavy atom. The molecule has 1 aliphatic rings. The third-order valence-electron chi connectivity index (χ3n) is 1.96. The van der Waals surface area contributed by atoms with Crippen molar-refractivity contribution in [1.29, 1.82) is 0 Å². The Labute approximate surface area is 62.8 Å². The molecule has 1 N–H and O–H groups in total. The predicted molar refractivity (Wildman–Crippen MR) is 41.9 cm³/mol. The summed E-state index contributed by atoms with van der Waals surface area (Å²) in [6, 6.07) is 0. The van der Waals surface area contributed by atoms with Gasteiger partial charge in [-0.15, -0.1) is 0 Å². The van der Waals surface area contributed by atoms with Crippen molar-refractivity contribution in [2.45, 2.75) is 26.4 Å². The van der Waals surface area contributed by atoms with Crippen LogP contribution in [0.2, 0.25) is 0 Å². The van der Waals surface area contributed by atoms with Crippen molar-refractivity contribution in [2.24, 2.45) is 5.92 Å². The molecule has 0 unspecified atom stereocenters. The summed E-state index contributed by atoms with van der Waals surface area (Å²) in [5, 5.41) is 8.94. The van der Waals surface area contributed by atoms with Gasteiger partial charge in [0, 0.05) is 13.1 Å². The Morgan fingerprint density at radius 1 is 1.50 bits per heavy atom. The second-order valence-electron chi connectivity index (χ2n) is 3.60. The van der Waals surface area contributed by atoms with Crippen LogP contribution in [0.3, 0.4) is 0 Å². The molecule has 0 bridgehead atoms. The van der Waals surface area contributed by atoms with Gasteiger partial charge in [0.2, 0.25) is 0 Å². The molecule has 0 aromatic rings. The molecule has 1 saturated heterocycles. The first-order chi connectivity index (χ1) is 4.68. The molecule has 0 amide bonds. The monoisotopic (exact) mass is 143 g/mol. The molecule has 0 aromatic carbocycles. The van der Waals surface area contributed by atoms with Gasteiger partial charge in [-0.25, -0.2) is 0 Å². The summed E-state index contributed by atoms with van der Waals surface area (Å²) in [7, 11) is 0. The van der Waals surface area contributed by atoms with Gasteiger partial charge in [0.15, 0.2) is 0 Å². The van der Waals surface area contributed by atoms with E-state index in [1.165, 1.54) is 6.42 Å². The number of hydrogen-bond acceptors (Lipinski definition) is 2. The molecule has 1 heterocycles. The van der Waals surface area contributed by atoms with Gasteiger partial charge >= 0.3 is 0 Å². The Morgan fingerprint density at radius 3 is 2.50 bits per heavy atom. The summed E-state index contributed by atoms with van der Waals surface area (Å²) in [5.41, 5.74) is 0. The highest BCUT2D eigenvalue weighted by molar-refractivity contribution is 4.78. The minimum atomic E-state index is -0.0350. The highest BCUT2D eigenvalue weighted by atomic mass is 16.3. The summed E-state index contributed by atoms with van der Waals surface area (Å²) in [6.07, 6.45) is 1.22. The number of rotatable bonds is 3. The van der Waals surface area contributed by atoms with Crippen LogP contribution in [0.1, 0.15) is 20.3 Å². The van der Waals surface area contributed by atoms with Gasteiger partial charge in [0.25, 0.3) is 0 Å². The van der Waals surface area contributed by atoms with Gasteiger partial charge in [-0.2, -0.15) is 0 Å². The average Bonchev–Trinajstić information content (AvgIpc) is 1.77. The normalized spacial score (nSPS) is 21.6. The Kier molecular flexibility index (Phi) is 2.69. The fraction of sp³-hybridized carbons (Fsp3) is 1.00. The van der Waals surface area contributed by atoms with Gasteiger partial charge < -0.3 is 5.11 Å². The predicted octanol–water partition coefficient (Wildman–Crippen LogP) is 0.709. The lowest BCUT2D eigenvalue weighted by atomic mass is 10.1. The standard InChI is InChI=1S/C8H17NO/c1-7(2)3-4-9-5-8(10)6-9/h7-8,10H,3-6H2,1-2H3. The maximum absolute atomic E-state index is 8.94. The third-order valence-corrected chi connectivity index (χ3v) is 1.96. The van der Waals surface area contributed by atoms with Crippen molar-refractivity contribution >= 4 is 0 Å². The zero-order valence-electron chi connectivity index (χ0n) is 6.88. The van der Waals surface area contributed by atoms with Crippen LogP contribution in [0.5, 0.6) is 0 Å². The average molecular weight is 143 g/mol. The second kappa shape index (κ2) is 3.35. The smallest absolute Gasteiger partial charge is 0.0793 e. The van der Waals surface area contributed by atoms with Crippen molar-refractivity contribution in [1.82, 2.24) is 4.90 Å². The van der Waals surface area contributed by atoms with Crippen LogP contribution < -0.4 is 0 Å². The molecule has 60 valence electrons. The van der Waals surface area contributed by atoms with E-state index in [9.17, 15) is 0 Å². The Hall–Kier alpha value is -0.0800. The van der Waals surface area contributed by atoms with Crippen molar-refractivity contribution in [3.05, 3.63) is 0 Å². The van der Waals surface area contributed by atoms with Crippen LogP contribution in [0, 0.1) is 5.92 Å². The highest BCUT2D eigenvalue weighted by Gasteiger charge is 2.23. The number of hydrogen-bond donors (Lipinski definition) is 1. The van der Waals surface area contributed by atoms with E-state index in [2.05, 4.69) is 18.7 Å². The first-order valence-corrected chi connectivity index (χ1v) is 4.09. The fourth-order valence-corrected chi connectivity index (χ4v) is 1.17. The van der Waals surface area contributed by atoms with E-state index < -0.39 is 0 Å². The summed E-state index contributed by atoms with van der Waals surface area (Å²) in [6.45, 7) is 7.42. The lowest BCUT2D eigenvalue weighted by molar-refractivity contribution is 0.0000755. The molecule has 0 saturated carbocycles. The number of nitrogens with zero attached hydrogens (tertiary/aromatic N) is 1. The van der Waals surface area contributed by atoms with Crippen molar-refractivity contribution < 1.29 is 5.11 Å². The second-order valence-corrected chi connectivity index (χ2v) is 3.60. The molecular formula is C8H17NO. The van der Waals surface area contributed by atoms with Crippen molar-refractivity contribution in [3.63, 3.8) is 0 Å². The molecule has 0 spiro atoms. The molecule has 0 aromatic heterocycles. The van der Waals surface area contributed by atoms with E-state index >= 15 is 0 Å². The maximum Gasteiger partial charge on any atom is 0.0793 e. The quantitative estimate of drug-likeness (QED) is 0.629. The highest BCUT2D eigenvalue weighted by Crippen LogP contribution is 2.09. The van der Waals surface area contributed by atoms with Crippen LogP contribution >= 0.6 is 0 Å². The number of β-amino-alcohol motifs (C(OH)–C–C–N with tert-alkyl or cyclic N) is 1. The van der Waals surface area contributed by atoms with Crippen LogP contribution in [-0.4, -0.2) is 35.7 Å². The minimum Gasteiger partial charge on any atom is -0.390 e. The lowest BCUT2D eigenvalue weighted by Crippen LogP contribution is -2.50. The fourth-order valence-electron chi connectivity index (χ4n) is 1.17. The summed E-state index contributed by atoms with van der Waals surface area (Å²) in [5.74, 6) is 0.790. The molecule has 0 atom stereocenters. The molecule has 10 heavy (non-hydrogen) atoms. The number of aliphatic hydroxyl groups excluding tert-OH is 1. The Balaban J connectivity index is 1.95. The molecule has 1 rings (SSSR count). The summed E-state index contributed by atoms with van der Waals surface area (Å²) < 4.78 is 0. The Bertz CT molecular complexity index is 97.4. The summed E-state index contributed by atoms with van der Waals surface area (Å²) in [4.78, 5) is 2.30. The zero-order valence-corrected chi connectivity index (χ0v) is 6.88. The van der Waals surface area contributed by atoms with E-state index in [0.29, 0.717) is 0 Å². The molecule has 1 fully saturated rings. The zero-order chi connectivity index (χ0) is 7.56. The van der Waals surface area contributed by atoms with Gasteiger partial charge in [0.05, 0.1) is 6.10 Å². The van der Waals surface area contributed by atoms with Crippen LogP contribution in [0.15, 0.2) is 0 Å². The van der Waals surface area contributed by atoms with E-state index in [4.69, 9.17) is 5.11 Å². The molecule has 2 nitrogen and oxygen atoms in total.